The lowest BCUT2D eigenvalue weighted by molar-refractivity contribution is -0.929. The minimum Gasteiger partial charge on any atom is -0.748 e. The van der Waals surface area contributed by atoms with Gasteiger partial charge in [-0.2, -0.15) is 0 Å². The van der Waals surface area contributed by atoms with Crippen LogP contribution < -0.4 is 0 Å². The third-order valence-electron chi connectivity index (χ3n) is 7.89. The first-order chi connectivity index (χ1) is 20.5. The molecule has 0 aromatic heterocycles. The van der Waals surface area contributed by atoms with Gasteiger partial charge in [0.25, 0.3) is 0 Å². The average molecular weight is 675 g/mol. The van der Waals surface area contributed by atoms with Crippen LogP contribution in [0.2, 0.25) is 0 Å². The van der Waals surface area contributed by atoms with Gasteiger partial charge in [-0.15, -0.1) is 0 Å². The maximum Gasteiger partial charge on any atom is 0.0916 e. The van der Waals surface area contributed by atoms with E-state index in [1.54, 1.807) is 0 Å². The molecule has 0 saturated heterocycles. The van der Waals surface area contributed by atoms with Crippen molar-refractivity contribution in [2.45, 2.75) is 158 Å². The number of rotatable bonds is 24. The highest BCUT2D eigenvalue weighted by atomic mass is 32.2. The normalized spacial score (nSPS) is 11.9. The highest BCUT2D eigenvalue weighted by Gasteiger charge is 2.25. The number of unbranched alkanes of at least 4 members (excludes halogenated alkanes) is 8. The van der Waals surface area contributed by atoms with Gasteiger partial charge in [0.15, 0.2) is 0 Å². The van der Waals surface area contributed by atoms with Crippen LogP contribution in [0, 0.1) is 0 Å². The Bertz CT molecular complexity index is 633. The standard InChI is InChI=1S/2C16H36N.2CH4O3S/c2*1-5-9-13-17(14-10-6-2,15-11-7-3)16-12-8-4;2*1-5(2,3)4/h2*5-16H2,1-4H3;2*1H3,(H,2,3,4)/q2*+1;;/p-2. The van der Waals surface area contributed by atoms with E-state index < -0.39 is 20.2 Å². The number of hydrogen-bond acceptors (Lipinski definition) is 6. The minimum atomic E-state index is -3.92. The van der Waals surface area contributed by atoms with Gasteiger partial charge < -0.3 is 18.1 Å². The summed E-state index contributed by atoms with van der Waals surface area (Å²) < 4.78 is 57.3. The Labute approximate surface area is 277 Å². The van der Waals surface area contributed by atoms with Crippen LogP contribution in [0.15, 0.2) is 0 Å². The highest BCUT2D eigenvalue weighted by molar-refractivity contribution is 7.85. The average Bonchev–Trinajstić information content (AvgIpc) is 2.94. The summed E-state index contributed by atoms with van der Waals surface area (Å²) in [6.07, 6.45) is 23.3. The van der Waals surface area contributed by atoms with Crippen molar-refractivity contribution >= 4 is 20.2 Å². The van der Waals surface area contributed by atoms with E-state index in [0.717, 1.165) is 0 Å². The summed E-state index contributed by atoms with van der Waals surface area (Å²) in [4.78, 5) is 0. The molecule has 0 unspecified atom stereocenters. The number of nitrogens with zero attached hydrogens (tertiary/aromatic N) is 2. The topological polar surface area (TPSA) is 114 Å². The van der Waals surface area contributed by atoms with Crippen molar-refractivity contribution in [3.05, 3.63) is 0 Å². The molecule has 10 heteroatoms. The Kier molecular flexibility index (Phi) is 37.6. The van der Waals surface area contributed by atoms with E-state index in [-0.39, 0.29) is 0 Å². The molecule has 0 aromatic rings. The molecule has 272 valence electrons. The zero-order chi connectivity index (χ0) is 35.0. The zero-order valence-corrected chi connectivity index (χ0v) is 32.8. The summed E-state index contributed by atoms with van der Waals surface area (Å²) in [5.74, 6) is 0. The fraction of sp³-hybridized carbons (Fsp3) is 1.00. The first-order valence-corrected chi connectivity index (χ1v) is 21.6. The lowest BCUT2D eigenvalue weighted by Gasteiger charge is -2.39. The summed E-state index contributed by atoms with van der Waals surface area (Å²) >= 11 is 0. The minimum absolute atomic E-state index is 0.604. The van der Waals surface area contributed by atoms with E-state index in [4.69, 9.17) is 25.9 Å². The van der Waals surface area contributed by atoms with Gasteiger partial charge >= 0.3 is 0 Å². The van der Waals surface area contributed by atoms with Crippen molar-refractivity contribution in [2.75, 3.05) is 64.9 Å². The zero-order valence-electron chi connectivity index (χ0n) is 31.1. The Morgan fingerprint density at radius 1 is 0.341 bits per heavy atom. The third kappa shape index (κ3) is 43.9. The van der Waals surface area contributed by atoms with E-state index >= 15 is 0 Å². The molecule has 0 N–H and O–H groups in total. The quantitative estimate of drug-likeness (QED) is 0.0751. The number of quaternary nitrogens is 2. The molecule has 0 aromatic carbocycles. The molecule has 0 rings (SSSR count). The summed E-state index contributed by atoms with van der Waals surface area (Å²) in [7, 11) is -7.83. The predicted octanol–water partition coefficient (Wildman–Crippen LogP) is 8.33. The molecule has 0 aliphatic heterocycles. The van der Waals surface area contributed by atoms with E-state index in [9.17, 15) is 0 Å². The molecule has 0 saturated carbocycles. The van der Waals surface area contributed by atoms with Crippen molar-refractivity contribution < 1.29 is 34.9 Å². The molecule has 0 spiro atoms. The molecule has 44 heavy (non-hydrogen) atoms. The van der Waals surface area contributed by atoms with Crippen LogP contribution in [0.3, 0.4) is 0 Å². The molecule has 0 bridgehead atoms. The van der Waals surface area contributed by atoms with E-state index in [2.05, 4.69) is 55.4 Å². The fourth-order valence-electron chi connectivity index (χ4n) is 5.29. The van der Waals surface area contributed by atoms with Gasteiger partial charge in [0.1, 0.15) is 0 Å². The van der Waals surface area contributed by atoms with Crippen LogP contribution in [0.5, 0.6) is 0 Å². The monoisotopic (exact) mass is 675 g/mol. The van der Waals surface area contributed by atoms with Crippen LogP contribution in [0.1, 0.15) is 158 Å². The molecule has 0 atom stereocenters. The lowest BCUT2D eigenvalue weighted by atomic mass is 10.1. The molecule has 0 fully saturated rings. The van der Waals surface area contributed by atoms with E-state index in [1.165, 1.54) is 164 Å². The summed E-state index contributed by atoms with van der Waals surface area (Å²) in [6.45, 7) is 30.0. The Morgan fingerprint density at radius 3 is 0.500 bits per heavy atom. The summed E-state index contributed by atoms with van der Waals surface area (Å²) in [5.41, 5.74) is 0. The van der Waals surface area contributed by atoms with E-state index in [1.807, 2.05) is 0 Å². The molecule has 0 heterocycles. The SMILES string of the molecule is CCCC[N+](CCCC)(CCCC)CCCC.CCCC[N+](CCCC)(CCCC)CCCC.CS(=O)(=O)[O-].CS(=O)(=O)[O-]. The second-order valence-electron chi connectivity index (χ2n) is 12.7. The van der Waals surface area contributed by atoms with Crippen LogP contribution in [0.25, 0.3) is 0 Å². The van der Waals surface area contributed by atoms with Gasteiger partial charge in [0, 0.05) is 12.5 Å². The molecular formula is C34H78N2O6S2. The smallest absolute Gasteiger partial charge is 0.0916 e. The molecule has 0 amide bonds. The lowest BCUT2D eigenvalue weighted by Crippen LogP contribution is -2.50. The van der Waals surface area contributed by atoms with Gasteiger partial charge in [0.05, 0.1) is 72.6 Å². The van der Waals surface area contributed by atoms with E-state index in [0.29, 0.717) is 12.5 Å². The second-order valence-corrected chi connectivity index (χ2v) is 15.5. The Balaban J connectivity index is -0.000000278. The first kappa shape index (κ1) is 50.6. The third-order valence-corrected chi connectivity index (χ3v) is 7.89. The maximum absolute atomic E-state index is 9.08. The molecule has 8 nitrogen and oxygen atoms in total. The molecular weight excluding hydrogens is 597 g/mol. The van der Waals surface area contributed by atoms with Crippen LogP contribution in [-0.2, 0) is 20.2 Å². The highest BCUT2D eigenvalue weighted by Crippen LogP contribution is 2.17. The maximum atomic E-state index is 9.08. The Morgan fingerprint density at radius 2 is 0.432 bits per heavy atom. The van der Waals surface area contributed by atoms with Crippen molar-refractivity contribution in [3.8, 4) is 0 Å². The van der Waals surface area contributed by atoms with Crippen LogP contribution in [-0.4, -0.2) is 99.8 Å². The van der Waals surface area contributed by atoms with Crippen molar-refractivity contribution in [3.63, 3.8) is 0 Å². The second kappa shape index (κ2) is 32.7. The van der Waals surface area contributed by atoms with Crippen molar-refractivity contribution in [1.29, 1.82) is 0 Å². The van der Waals surface area contributed by atoms with Gasteiger partial charge in [-0.1, -0.05) is 107 Å². The molecule has 0 radical (unpaired) electrons. The predicted molar refractivity (Wildman–Crippen MR) is 190 cm³/mol. The molecule has 0 aliphatic rings. The molecule has 0 aliphatic carbocycles. The largest absolute Gasteiger partial charge is 0.748 e. The van der Waals surface area contributed by atoms with Gasteiger partial charge in [0.2, 0.25) is 0 Å². The Hall–Kier alpha value is -0.260. The fourth-order valence-corrected chi connectivity index (χ4v) is 5.29. The number of hydrogen-bond donors (Lipinski definition) is 0. The van der Waals surface area contributed by atoms with Crippen molar-refractivity contribution in [2.24, 2.45) is 0 Å². The van der Waals surface area contributed by atoms with Crippen LogP contribution >= 0.6 is 0 Å². The van der Waals surface area contributed by atoms with Crippen LogP contribution in [0.4, 0.5) is 0 Å². The van der Waals surface area contributed by atoms with Crippen molar-refractivity contribution in [1.82, 2.24) is 0 Å². The summed E-state index contributed by atoms with van der Waals surface area (Å²) in [5, 5.41) is 0. The van der Waals surface area contributed by atoms with Gasteiger partial charge in [-0.05, 0) is 51.4 Å². The van der Waals surface area contributed by atoms with Gasteiger partial charge in [-0.3, -0.25) is 0 Å². The first-order valence-electron chi connectivity index (χ1n) is 18.0. The summed E-state index contributed by atoms with van der Waals surface area (Å²) in [6, 6.07) is 0. The van der Waals surface area contributed by atoms with Gasteiger partial charge in [-0.25, -0.2) is 16.8 Å².